The Balaban J connectivity index is 1.71. The molecule has 9 nitrogen and oxygen atoms in total. The fourth-order valence-electron chi connectivity index (χ4n) is 4.04. The Labute approximate surface area is 225 Å². The van der Waals surface area contributed by atoms with E-state index in [1.807, 2.05) is 39.8 Å². The maximum atomic E-state index is 13.7. The summed E-state index contributed by atoms with van der Waals surface area (Å²) < 4.78 is 19.7. The lowest BCUT2D eigenvalue weighted by molar-refractivity contribution is -0.201. The number of benzene rings is 2. The number of halogens is 2. The third-order valence-corrected chi connectivity index (χ3v) is 6.40. The molecule has 1 saturated heterocycles. The average Bonchev–Trinajstić information content (AvgIpc) is 2.86. The number of hydrogen-bond acceptors (Lipinski definition) is 8. The van der Waals surface area contributed by atoms with Gasteiger partial charge in [0.05, 0.1) is 52.6 Å². The van der Waals surface area contributed by atoms with Crippen molar-refractivity contribution in [2.45, 2.75) is 27.7 Å². The minimum absolute atomic E-state index is 0.0571. The van der Waals surface area contributed by atoms with Crippen molar-refractivity contribution in [3.63, 3.8) is 0 Å². The van der Waals surface area contributed by atoms with Crippen LogP contribution in [0.15, 0.2) is 36.5 Å². The summed E-state index contributed by atoms with van der Waals surface area (Å²) in [5, 5.41) is 5.41. The summed E-state index contributed by atoms with van der Waals surface area (Å²) >= 11 is 5.97. The predicted octanol–water partition coefficient (Wildman–Crippen LogP) is 4.89. The molecule has 1 aliphatic heterocycles. The quantitative estimate of drug-likeness (QED) is 0.433. The number of hydroxylamine groups is 2. The molecule has 0 spiro atoms. The van der Waals surface area contributed by atoms with Gasteiger partial charge in [-0.15, -0.1) is 5.06 Å². The number of aromatic nitrogens is 1. The van der Waals surface area contributed by atoms with Crippen molar-refractivity contribution >= 4 is 51.4 Å². The van der Waals surface area contributed by atoms with Gasteiger partial charge >= 0.3 is 5.97 Å². The molecule has 0 unspecified atom stereocenters. The molecule has 0 saturated carbocycles. The Morgan fingerprint density at radius 1 is 1.16 bits per heavy atom. The van der Waals surface area contributed by atoms with Gasteiger partial charge in [0.15, 0.2) is 0 Å². The van der Waals surface area contributed by atoms with E-state index in [9.17, 15) is 14.0 Å². The smallest absolute Gasteiger partial charge is 0.330 e. The maximum Gasteiger partial charge on any atom is 0.330 e. The molecule has 0 radical (unpaired) electrons. The Morgan fingerprint density at radius 2 is 1.87 bits per heavy atom. The number of amides is 1. The number of nitrogens with two attached hydrogens (primary N) is 1. The fourth-order valence-corrected chi connectivity index (χ4v) is 4.22. The molecule has 1 aliphatic rings. The molecule has 2 heterocycles. The molecule has 0 bridgehead atoms. The number of piperazine rings is 1. The van der Waals surface area contributed by atoms with Crippen molar-refractivity contribution in [3.8, 4) is 5.75 Å². The molecule has 1 amide bonds. The van der Waals surface area contributed by atoms with Gasteiger partial charge in [-0.25, -0.2) is 9.18 Å². The number of ether oxygens (including phenoxy) is 1. The third-order valence-electron chi connectivity index (χ3n) is 6.11. The van der Waals surface area contributed by atoms with E-state index in [4.69, 9.17) is 26.9 Å². The Kier molecular flexibility index (Phi) is 7.94. The van der Waals surface area contributed by atoms with Gasteiger partial charge in [-0.2, -0.15) is 0 Å². The van der Waals surface area contributed by atoms with Crippen LogP contribution in [0.2, 0.25) is 5.02 Å². The van der Waals surface area contributed by atoms with Gasteiger partial charge in [0.1, 0.15) is 11.6 Å². The second-order valence-electron chi connectivity index (χ2n) is 9.98. The van der Waals surface area contributed by atoms with Crippen molar-refractivity contribution in [1.82, 2.24) is 10.0 Å². The number of fused-ring (bicyclic) bond motifs is 1. The number of anilines is 3. The van der Waals surface area contributed by atoms with E-state index in [0.29, 0.717) is 60.8 Å². The first kappa shape index (κ1) is 27.4. The lowest BCUT2D eigenvalue weighted by atomic mass is 9.98. The van der Waals surface area contributed by atoms with Gasteiger partial charge in [-0.1, -0.05) is 11.6 Å². The summed E-state index contributed by atoms with van der Waals surface area (Å²) in [5.41, 5.74) is 7.53. The summed E-state index contributed by atoms with van der Waals surface area (Å²) in [6.45, 7) is 9.94. The monoisotopic (exact) mass is 543 g/mol. The molecular weight excluding hydrogens is 513 g/mol. The van der Waals surface area contributed by atoms with E-state index in [1.54, 1.807) is 5.06 Å². The number of hydrogen-bond donors (Lipinski definition) is 2. The summed E-state index contributed by atoms with van der Waals surface area (Å²) in [7, 11) is 0. The van der Waals surface area contributed by atoms with E-state index < -0.39 is 17.1 Å². The van der Waals surface area contributed by atoms with Crippen LogP contribution in [-0.2, 0) is 9.63 Å². The van der Waals surface area contributed by atoms with Crippen LogP contribution in [0.3, 0.4) is 0 Å². The Morgan fingerprint density at radius 3 is 2.47 bits per heavy atom. The first-order valence-corrected chi connectivity index (χ1v) is 12.7. The minimum Gasteiger partial charge on any atom is -0.492 e. The molecule has 1 fully saturated rings. The zero-order chi connectivity index (χ0) is 27.6. The second-order valence-corrected chi connectivity index (χ2v) is 10.4. The first-order chi connectivity index (χ1) is 18.0. The van der Waals surface area contributed by atoms with E-state index >= 15 is 0 Å². The molecule has 11 heteroatoms. The van der Waals surface area contributed by atoms with Crippen LogP contribution in [0.1, 0.15) is 38.1 Å². The SMILES string of the molecule is CCOc1cc2ncc(C(N)=O)c(Nc3ccc(F)c(Cl)c3)c2cc1N1CCN(OC(=O)C(C)(C)C)CC1. The van der Waals surface area contributed by atoms with Crippen LogP contribution in [0.4, 0.5) is 21.5 Å². The molecule has 1 aromatic heterocycles. The Hall–Kier alpha value is -3.63. The van der Waals surface area contributed by atoms with Crippen LogP contribution in [0.5, 0.6) is 5.75 Å². The van der Waals surface area contributed by atoms with Crippen molar-refractivity contribution in [2.24, 2.45) is 11.1 Å². The van der Waals surface area contributed by atoms with Crippen LogP contribution in [0, 0.1) is 11.2 Å². The van der Waals surface area contributed by atoms with E-state index in [2.05, 4.69) is 15.2 Å². The number of nitrogens with zero attached hydrogens (tertiary/aromatic N) is 3. The highest BCUT2D eigenvalue weighted by molar-refractivity contribution is 6.31. The number of carbonyl (C=O) groups excluding carboxylic acids is 2. The molecule has 0 aliphatic carbocycles. The molecule has 3 aromatic rings. The van der Waals surface area contributed by atoms with E-state index in [1.165, 1.54) is 24.4 Å². The van der Waals surface area contributed by atoms with Crippen LogP contribution >= 0.6 is 11.6 Å². The molecule has 2 aromatic carbocycles. The third kappa shape index (κ3) is 5.92. The Bertz CT molecular complexity index is 1370. The highest BCUT2D eigenvalue weighted by Crippen LogP contribution is 2.38. The summed E-state index contributed by atoms with van der Waals surface area (Å²) in [6.07, 6.45) is 1.40. The van der Waals surface area contributed by atoms with Crippen molar-refractivity contribution in [2.75, 3.05) is 43.0 Å². The zero-order valence-corrected chi connectivity index (χ0v) is 22.6. The number of pyridine rings is 1. The van der Waals surface area contributed by atoms with Gasteiger partial charge in [0.25, 0.3) is 5.91 Å². The molecule has 202 valence electrons. The van der Waals surface area contributed by atoms with Crippen LogP contribution < -0.4 is 20.7 Å². The predicted molar refractivity (Wildman–Crippen MR) is 145 cm³/mol. The lowest BCUT2D eigenvalue weighted by Gasteiger charge is -2.36. The van der Waals surface area contributed by atoms with Gasteiger partial charge < -0.3 is 25.5 Å². The second kappa shape index (κ2) is 11.0. The highest BCUT2D eigenvalue weighted by Gasteiger charge is 2.29. The largest absolute Gasteiger partial charge is 0.492 e. The molecule has 0 atom stereocenters. The zero-order valence-electron chi connectivity index (χ0n) is 21.8. The minimum atomic E-state index is -0.667. The van der Waals surface area contributed by atoms with E-state index in [-0.39, 0.29) is 16.6 Å². The van der Waals surface area contributed by atoms with Crippen LogP contribution in [-0.4, -0.2) is 54.7 Å². The lowest BCUT2D eigenvalue weighted by Crippen LogP contribution is -2.48. The molecule has 3 N–H and O–H groups in total. The number of nitrogens with one attached hydrogen (secondary N) is 1. The standard InChI is InChI=1S/C27H31ClFN5O4/c1-5-37-23-14-21-17(13-22(23)33-8-10-34(11-9-33)38-26(36)27(2,3)4)24(18(15-31-21)25(30)35)32-16-6-7-20(29)19(28)12-16/h6-7,12-15H,5,8-11H2,1-4H3,(H2,30,35)(H,31,32). The van der Waals surface area contributed by atoms with Crippen molar-refractivity contribution in [1.29, 1.82) is 0 Å². The number of primary amides is 1. The van der Waals surface area contributed by atoms with Gasteiger partial charge in [-0.05, 0) is 52.0 Å². The highest BCUT2D eigenvalue weighted by atomic mass is 35.5. The number of carbonyl (C=O) groups is 2. The van der Waals surface area contributed by atoms with Crippen molar-refractivity contribution in [3.05, 3.63) is 52.9 Å². The summed E-state index contributed by atoms with van der Waals surface area (Å²) in [5.74, 6) is -0.869. The summed E-state index contributed by atoms with van der Waals surface area (Å²) in [4.78, 5) is 36.7. The van der Waals surface area contributed by atoms with Gasteiger partial charge in [0, 0.05) is 36.4 Å². The molecule has 4 rings (SSSR count). The topological polar surface area (TPSA) is 110 Å². The van der Waals surface area contributed by atoms with Gasteiger partial charge in [0.2, 0.25) is 0 Å². The first-order valence-electron chi connectivity index (χ1n) is 12.3. The maximum absolute atomic E-state index is 13.7. The van der Waals surface area contributed by atoms with E-state index in [0.717, 1.165) is 5.69 Å². The summed E-state index contributed by atoms with van der Waals surface area (Å²) in [6, 6.07) is 7.90. The normalized spacial score (nSPS) is 14.4. The van der Waals surface area contributed by atoms with Crippen LogP contribution in [0.25, 0.3) is 10.9 Å². The number of rotatable bonds is 7. The van der Waals surface area contributed by atoms with Gasteiger partial charge in [-0.3, -0.25) is 9.78 Å². The van der Waals surface area contributed by atoms with Crippen molar-refractivity contribution < 1.29 is 23.6 Å². The fraction of sp³-hybridized carbons (Fsp3) is 0.370. The molecule has 38 heavy (non-hydrogen) atoms. The average molecular weight is 544 g/mol. The molecular formula is C27H31ClFN5O4.